The summed E-state index contributed by atoms with van der Waals surface area (Å²) in [5, 5.41) is 15.4. The van der Waals surface area contributed by atoms with E-state index in [1.807, 2.05) is 13.8 Å². The molecule has 158 valence electrons. The van der Waals surface area contributed by atoms with Crippen molar-refractivity contribution in [1.82, 2.24) is 15.5 Å². The van der Waals surface area contributed by atoms with Crippen LogP contribution in [0.4, 0.5) is 0 Å². The van der Waals surface area contributed by atoms with Crippen LogP contribution in [-0.2, 0) is 19.1 Å². The zero-order chi connectivity index (χ0) is 20.8. The number of aliphatic hydroxyl groups excluding tert-OH is 1. The lowest BCUT2D eigenvalue weighted by atomic mass is 9.70. The van der Waals surface area contributed by atoms with Crippen LogP contribution in [0.2, 0.25) is 0 Å². The van der Waals surface area contributed by atoms with E-state index in [1.54, 1.807) is 6.92 Å². The number of hydrogen-bond acceptors (Lipinski definition) is 5. The number of hydrogen-bond donors (Lipinski definition) is 3. The Labute approximate surface area is 173 Å². The third-order valence-electron chi connectivity index (χ3n) is 6.37. The molecule has 8 nitrogen and oxygen atoms in total. The van der Waals surface area contributed by atoms with Gasteiger partial charge in [0.05, 0.1) is 30.6 Å². The highest BCUT2D eigenvalue weighted by molar-refractivity contribution is 9.09. The van der Waals surface area contributed by atoms with Gasteiger partial charge in [-0.3, -0.25) is 14.4 Å². The van der Waals surface area contributed by atoms with Gasteiger partial charge in [-0.2, -0.15) is 0 Å². The lowest BCUT2D eigenvalue weighted by molar-refractivity contribution is -0.145. The van der Waals surface area contributed by atoms with Gasteiger partial charge in [0.15, 0.2) is 0 Å². The number of carbonyl (C=O) groups is 3. The Morgan fingerprint density at radius 1 is 1.39 bits per heavy atom. The Morgan fingerprint density at radius 3 is 2.64 bits per heavy atom. The number of nitrogens with one attached hydrogen (secondary N) is 2. The van der Waals surface area contributed by atoms with Crippen molar-refractivity contribution >= 4 is 33.7 Å². The molecule has 3 rings (SSSR count). The molecular formula is C19H30BrN3O5. The third-order valence-corrected chi connectivity index (χ3v) is 7.22. The minimum Gasteiger partial charge on any atom is -0.394 e. The van der Waals surface area contributed by atoms with Crippen molar-refractivity contribution in [2.45, 2.75) is 74.7 Å². The summed E-state index contributed by atoms with van der Waals surface area (Å²) in [7, 11) is 1.54. The van der Waals surface area contributed by atoms with Gasteiger partial charge in [0.25, 0.3) is 0 Å². The Hall–Kier alpha value is -1.19. The predicted molar refractivity (Wildman–Crippen MR) is 106 cm³/mol. The van der Waals surface area contributed by atoms with E-state index >= 15 is 0 Å². The first-order chi connectivity index (χ1) is 13.2. The lowest BCUT2D eigenvalue weighted by Crippen LogP contribution is -2.58. The van der Waals surface area contributed by atoms with E-state index in [4.69, 9.17) is 4.74 Å². The average Bonchev–Trinajstić information content (AvgIpc) is 3.24. The average molecular weight is 460 g/mol. The van der Waals surface area contributed by atoms with Gasteiger partial charge in [-0.1, -0.05) is 29.3 Å². The second-order valence-corrected chi connectivity index (χ2v) is 9.43. The van der Waals surface area contributed by atoms with Gasteiger partial charge in [-0.25, -0.2) is 0 Å². The van der Waals surface area contributed by atoms with E-state index in [-0.39, 0.29) is 35.2 Å². The standard InChI is InChI=1S/C19H30BrN3O5/c1-5-6-9(2)22-17(26)15-19-7-11(20)14(28-19)12(16(25)21-4)13(19)18(27)23(15)10(3)8-24/h9-15,24H,5-8H2,1-4H3,(H,21,25)(H,22,26)/t9?,10-,11?,12+,13+,14+,15?,19?/m1/s1. The number of carbonyl (C=O) groups excluding carboxylic acids is 3. The molecule has 0 radical (unpaired) electrons. The predicted octanol–water partition coefficient (Wildman–Crippen LogP) is 0.166. The molecule has 9 heteroatoms. The molecule has 3 amide bonds. The third kappa shape index (κ3) is 3.06. The maximum atomic E-state index is 13.4. The summed E-state index contributed by atoms with van der Waals surface area (Å²) in [6, 6.07) is -1.46. The minimum absolute atomic E-state index is 0.0394. The van der Waals surface area contributed by atoms with Crippen LogP contribution in [0.5, 0.6) is 0 Å². The van der Waals surface area contributed by atoms with Gasteiger partial charge in [0.2, 0.25) is 17.7 Å². The van der Waals surface area contributed by atoms with Crippen LogP contribution in [0.15, 0.2) is 0 Å². The summed E-state index contributed by atoms with van der Waals surface area (Å²) in [4.78, 5) is 40.6. The maximum Gasteiger partial charge on any atom is 0.246 e. The highest BCUT2D eigenvalue weighted by Crippen LogP contribution is 2.60. The van der Waals surface area contributed by atoms with Gasteiger partial charge in [0, 0.05) is 17.9 Å². The van der Waals surface area contributed by atoms with Crippen molar-refractivity contribution in [2.75, 3.05) is 13.7 Å². The maximum absolute atomic E-state index is 13.4. The Morgan fingerprint density at radius 2 is 2.07 bits per heavy atom. The Balaban J connectivity index is 2.02. The lowest BCUT2D eigenvalue weighted by Gasteiger charge is -2.36. The van der Waals surface area contributed by atoms with Crippen molar-refractivity contribution in [3.8, 4) is 0 Å². The van der Waals surface area contributed by atoms with E-state index in [9.17, 15) is 19.5 Å². The number of ether oxygens (including phenoxy) is 1. The molecule has 3 aliphatic rings. The van der Waals surface area contributed by atoms with Crippen molar-refractivity contribution in [2.24, 2.45) is 11.8 Å². The van der Waals surface area contributed by atoms with E-state index in [0.717, 1.165) is 12.8 Å². The fourth-order valence-electron chi connectivity index (χ4n) is 5.22. The van der Waals surface area contributed by atoms with E-state index < -0.39 is 35.6 Å². The molecule has 0 aromatic carbocycles. The second-order valence-electron chi connectivity index (χ2n) is 8.25. The van der Waals surface area contributed by atoms with E-state index in [0.29, 0.717) is 6.42 Å². The molecule has 4 unspecified atom stereocenters. The van der Waals surface area contributed by atoms with Gasteiger partial charge < -0.3 is 25.4 Å². The van der Waals surface area contributed by atoms with E-state index in [2.05, 4.69) is 26.6 Å². The van der Waals surface area contributed by atoms with Crippen LogP contribution in [-0.4, -0.2) is 76.0 Å². The quantitative estimate of drug-likeness (QED) is 0.470. The minimum atomic E-state index is -1.06. The number of halogens is 1. The van der Waals surface area contributed by atoms with Crippen molar-refractivity contribution in [1.29, 1.82) is 0 Å². The van der Waals surface area contributed by atoms with Gasteiger partial charge in [-0.15, -0.1) is 0 Å². The van der Waals surface area contributed by atoms with Gasteiger partial charge >= 0.3 is 0 Å². The van der Waals surface area contributed by atoms with Gasteiger partial charge in [-0.05, 0) is 26.7 Å². The highest BCUT2D eigenvalue weighted by atomic mass is 79.9. The van der Waals surface area contributed by atoms with Crippen LogP contribution < -0.4 is 10.6 Å². The number of likely N-dealkylation sites (tertiary alicyclic amines) is 1. The monoisotopic (exact) mass is 459 g/mol. The summed E-state index contributed by atoms with van der Waals surface area (Å²) < 4.78 is 6.29. The molecule has 0 saturated carbocycles. The van der Waals surface area contributed by atoms with Crippen molar-refractivity contribution in [3.63, 3.8) is 0 Å². The highest BCUT2D eigenvalue weighted by Gasteiger charge is 2.76. The topological polar surface area (TPSA) is 108 Å². The number of rotatable bonds is 7. The first kappa shape index (κ1) is 21.5. The Kier molecular flexibility index (Phi) is 6.08. The molecule has 3 saturated heterocycles. The largest absolute Gasteiger partial charge is 0.394 e. The van der Waals surface area contributed by atoms with Crippen LogP contribution in [0, 0.1) is 11.8 Å². The molecule has 0 aromatic heterocycles. The second kappa shape index (κ2) is 7.91. The number of nitrogens with zero attached hydrogens (tertiary/aromatic N) is 1. The summed E-state index contributed by atoms with van der Waals surface area (Å²) in [6.07, 6.45) is 1.76. The molecular weight excluding hydrogens is 430 g/mol. The van der Waals surface area contributed by atoms with Crippen LogP contribution in [0.3, 0.4) is 0 Å². The number of amides is 3. The number of aliphatic hydroxyl groups is 1. The zero-order valence-corrected chi connectivity index (χ0v) is 18.4. The molecule has 3 fully saturated rings. The smallest absolute Gasteiger partial charge is 0.246 e. The fraction of sp³-hybridized carbons (Fsp3) is 0.842. The SMILES string of the molecule is CCCC(C)NC(=O)C1N([C@H](C)CO)C(=O)[C@@H]2[C@H](C(=O)NC)[C@H]3OC12CC3Br. The van der Waals surface area contributed by atoms with Crippen molar-refractivity contribution < 1.29 is 24.2 Å². The molecule has 2 bridgehead atoms. The molecule has 0 aliphatic carbocycles. The van der Waals surface area contributed by atoms with Crippen LogP contribution in [0.1, 0.15) is 40.0 Å². The van der Waals surface area contributed by atoms with Gasteiger partial charge in [0.1, 0.15) is 11.6 Å². The summed E-state index contributed by atoms with van der Waals surface area (Å²) >= 11 is 3.59. The van der Waals surface area contributed by atoms with Crippen LogP contribution >= 0.6 is 15.9 Å². The molecule has 3 aliphatic heterocycles. The summed E-state index contributed by atoms with van der Waals surface area (Å²) in [6.45, 7) is 5.41. The Bertz CT molecular complexity index is 661. The molecule has 8 atom stereocenters. The molecule has 3 heterocycles. The van der Waals surface area contributed by atoms with Crippen molar-refractivity contribution in [3.05, 3.63) is 0 Å². The fourth-order valence-corrected chi connectivity index (χ4v) is 6.17. The normalized spacial score (nSPS) is 38.3. The zero-order valence-electron chi connectivity index (χ0n) is 16.8. The molecule has 3 N–H and O–H groups in total. The number of alkyl halides is 1. The van der Waals surface area contributed by atoms with Crippen LogP contribution in [0.25, 0.3) is 0 Å². The molecule has 28 heavy (non-hydrogen) atoms. The summed E-state index contributed by atoms with van der Waals surface area (Å²) in [5.41, 5.74) is -1.06. The number of fused-ring (bicyclic) bond motifs is 1. The molecule has 0 aromatic rings. The van der Waals surface area contributed by atoms with E-state index in [1.165, 1.54) is 11.9 Å². The summed E-state index contributed by atoms with van der Waals surface area (Å²) in [5.74, 6) is -2.21. The first-order valence-electron chi connectivity index (χ1n) is 10.00. The first-order valence-corrected chi connectivity index (χ1v) is 10.9. The molecule has 1 spiro atoms.